The standard InChI is InChI=1S/C18H22BrN3O2S/c1-18(2,3)11-4-5-14-10(6-11)7-15(25-14)17(24)22-21-16(23)13-8-12(19)9-20-13/h7-9,11,20H,4-6H2,1-3H3,(H,21,23)(H,22,24). The highest BCUT2D eigenvalue weighted by Crippen LogP contribution is 2.40. The van der Waals surface area contributed by atoms with Crippen molar-refractivity contribution in [3.8, 4) is 0 Å². The van der Waals surface area contributed by atoms with E-state index in [2.05, 4.69) is 52.5 Å². The van der Waals surface area contributed by atoms with Gasteiger partial charge in [0.25, 0.3) is 11.8 Å². The minimum absolute atomic E-state index is 0.273. The molecule has 1 aliphatic rings. The number of halogens is 1. The molecule has 3 N–H and O–H groups in total. The molecular formula is C18H22BrN3O2S. The number of rotatable bonds is 2. The van der Waals surface area contributed by atoms with Gasteiger partial charge in [0.05, 0.1) is 4.88 Å². The molecule has 2 aromatic heterocycles. The molecule has 1 aliphatic carbocycles. The van der Waals surface area contributed by atoms with Gasteiger partial charge in [0.15, 0.2) is 0 Å². The molecule has 2 aromatic rings. The molecule has 5 nitrogen and oxygen atoms in total. The number of hydrogen-bond donors (Lipinski definition) is 3. The average Bonchev–Trinajstić information content (AvgIpc) is 3.16. The fourth-order valence-electron chi connectivity index (χ4n) is 3.12. The molecule has 7 heteroatoms. The van der Waals surface area contributed by atoms with E-state index < -0.39 is 0 Å². The summed E-state index contributed by atoms with van der Waals surface area (Å²) in [5, 5.41) is 0. The Bertz CT molecular complexity index is 804. The van der Waals surface area contributed by atoms with Crippen LogP contribution in [0.1, 0.15) is 57.8 Å². The van der Waals surface area contributed by atoms with Crippen molar-refractivity contribution < 1.29 is 9.59 Å². The molecule has 25 heavy (non-hydrogen) atoms. The normalized spacial score (nSPS) is 17.0. The monoisotopic (exact) mass is 423 g/mol. The fourth-order valence-corrected chi connectivity index (χ4v) is 4.56. The van der Waals surface area contributed by atoms with Gasteiger partial charge in [-0.15, -0.1) is 11.3 Å². The molecule has 0 spiro atoms. The molecule has 1 atom stereocenters. The van der Waals surface area contributed by atoms with Gasteiger partial charge in [-0.05, 0) is 64.2 Å². The maximum atomic E-state index is 12.3. The van der Waals surface area contributed by atoms with Crippen LogP contribution in [0.15, 0.2) is 22.8 Å². The Kier molecular flexibility index (Phi) is 5.06. The number of H-pyrrole nitrogens is 1. The summed E-state index contributed by atoms with van der Waals surface area (Å²) in [6, 6.07) is 3.63. The van der Waals surface area contributed by atoms with E-state index in [9.17, 15) is 9.59 Å². The number of fused-ring (bicyclic) bond motifs is 1. The van der Waals surface area contributed by atoms with E-state index in [4.69, 9.17) is 0 Å². The summed E-state index contributed by atoms with van der Waals surface area (Å²) in [5.74, 6) is -0.0182. The molecule has 2 amide bonds. The molecular weight excluding hydrogens is 402 g/mol. The Morgan fingerprint density at radius 3 is 2.60 bits per heavy atom. The highest BCUT2D eigenvalue weighted by Gasteiger charge is 2.30. The molecule has 134 valence electrons. The van der Waals surface area contributed by atoms with Gasteiger partial charge in [-0.2, -0.15) is 0 Å². The summed E-state index contributed by atoms with van der Waals surface area (Å²) in [6.45, 7) is 6.82. The van der Waals surface area contributed by atoms with Crippen LogP contribution in [0.25, 0.3) is 0 Å². The summed E-state index contributed by atoms with van der Waals surface area (Å²) in [5.41, 5.74) is 6.87. The van der Waals surface area contributed by atoms with Crippen LogP contribution in [0.5, 0.6) is 0 Å². The Balaban J connectivity index is 1.62. The van der Waals surface area contributed by atoms with Crippen molar-refractivity contribution in [1.29, 1.82) is 0 Å². The first-order valence-corrected chi connectivity index (χ1v) is 9.91. The van der Waals surface area contributed by atoms with Crippen molar-refractivity contribution in [2.75, 3.05) is 0 Å². The fraction of sp³-hybridized carbons (Fsp3) is 0.444. The van der Waals surface area contributed by atoms with Gasteiger partial charge in [0, 0.05) is 15.5 Å². The van der Waals surface area contributed by atoms with Crippen LogP contribution >= 0.6 is 27.3 Å². The highest BCUT2D eigenvalue weighted by molar-refractivity contribution is 9.10. The third-order valence-corrected chi connectivity index (χ3v) is 6.41. The lowest BCUT2D eigenvalue weighted by molar-refractivity contribution is 0.0846. The zero-order valence-electron chi connectivity index (χ0n) is 14.5. The maximum Gasteiger partial charge on any atom is 0.286 e. The molecule has 0 aromatic carbocycles. The molecule has 1 unspecified atom stereocenters. The van der Waals surface area contributed by atoms with Crippen LogP contribution < -0.4 is 10.9 Å². The zero-order chi connectivity index (χ0) is 18.2. The van der Waals surface area contributed by atoms with Gasteiger partial charge >= 0.3 is 0 Å². The Morgan fingerprint density at radius 2 is 1.96 bits per heavy atom. The molecule has 0 aliphatic heterocycles. The number of thiophene rings is 1. The quantitative estimate of drug-likeness (QED) is 0.636. The summed E-state index contributed by atoms with van der Waals surface area (Å²) in [4.78, 5) is 29.1. The van der Waals surface area contributed by atoms with Crippen molar-refractivity contribution in [1.82, 2.24) is 15.8 Å². The van der Waals surface area contributed by atoms with Gasteiger partial charge in [-0.1, -0.05) is 20.8 Å². The molecule has 3 rings (SSSR count). The molecule has 0 saturated heterocycles. The van der Waals surface area contributed by atoms with E-state index in [1.807, 2.05) is 6.07 Å². The predicted octanol–water partition coefficient (Wildman–Crippen LogP) is 4.06. The van der Waals surface area contributed by atoms with Crippen LogP contribution in [0, 0.1) is 11.3 Å². The SMILES string of the molecule is CC(C)(C)C1CCc2sc(C(=O)NNC(=O)c3cc(Br)c[nH]3)cc2C1. The van der Waals surface area contributed by atoms with E-state index in [1.54, 1.807) is 12.3 Å². The van der Waals surface area contributed by atoms with Gasteiger partial charge < -0.3 is 4.98 Å². The van der Waals surface area contributed by atoms with Crippen molar-refractivity contribution in [3.05, 3.63) is 43.8 Å². The summed E-state index contributed by atoms with van der Waals surface area (Å²) < 4.78 is 0.781. The number of hydrogen-bond acceptors (Lipinski definition) is 3. The smallest absolute Gasteiger partial charge is 0.286 e. The first-order chi connectivity index (χ1) is 11.7. The maximum absolute atomic E-state index is 12.3. The average molecular weight is 424 g/mol. The van der Waals surface area contributed by atoms with Gasteiger partial charge in [-0.3, -0.25) is 20.4 Å². The number of carbonyl (C=O) groups is 2. The zero-order valence-corrected chi connectivity index (χ0v) is 16.9. The largest absolute Gasteiger partial charge is 0.356 e. The number of nitrogens with one attached hydrogen (secondary N) is 3. The number of amides is 2. The van der Waals surface area contributed by atoms with Crippen molar-refractivity contribution in [2.45, 2.75) is 40.0 Å². The van der Waals surface area contributed by atoms with Gasteiger partial charge in [0.2, 0.25) is 0 Å². The van der Waals surface area contributed by atoms with Gasteiger partial charge in [-0.25, -0.2) is 0 Å². The van der Waals surface area contributed by atoms with Crippen molar-refractivity contribution in [3.63, 3.8) is 0 Å². The molecule has 0 radical (unpaired) electrons. The van der Waals surface area contributed by atoms with Crippen LogP contribution in [-0.4, -0.2) is 16.8 Å². The number of aromatic nitrogens is 1. The molecule has 0 fully saturated rings. The first-order valence-electron chi connectivity index (χ1n) is 8.30. The first kappa shape index (κ1) is 18.2. The second kappa shape index (κ2) is 6.96. The third kappa shape index (κ3) is 4.15. The second-order valence-corrected chi connectivity index (χ2v) is 9.56. The lowest BCUT2D eigenvalue weighted by Gasteiger charge is -2.33. The van der Waals surface area contributed by atoms with Crippen molar-refractivity contribution in [2.24, 2.45) is 11.3 Å². The second-order valence-electron chi connectivity index (χ2n) is 7.50. The lowest BCUT2D eigenvalue weighted by Crippen LogP contribution is -2.41. The third-order valence-electron chi connectivity index (χ3n) is 4.71. The van der Waals surface area contributed by atoms with Crippen LogP contribution in [-0.2, 0) is 12.8 Å². The predicted molar refractivity (Wildman–Crippen MR) is 103 cm³/mol. The van der Waals surface area contributed by atoms with Crippen molar-refractivity contribution >= 4 is 39.1 Å². The lowest BCUT2D eigenvalue weighted by atomic mass is 9.72. The number of aromatic amines is 1. The van der Waals surface area contributed by atoms with E-state index in [0.717, 1.165) is 23.7 Å². The number of hydrazine groups is 1. The van der Waals surface area contributed by atoms with Crippen LogP contribution in [0.4, 0.5) is 0 Å². The van der Waals surface area contributed by atoms with E-state index in [1.165, 1.54) is 21.8 Å². The topological polar surface area (TPSA) is 74.0 Å². The molecule has 2 heterocycles. The number of carbonyl (C=O) groups excluding carboxylic acids is 2. The van der Waals surface area contributed by atoms with Gasteiger partial charge in [0.1, 0.15) is 5.69 Å². The Morgan fingerprint density at radius 1 is 1.24 bits per heavy atom. The number of aryl methyl sites for hydroxylation is 1. The Labute approximate surface area is 159 Å². The molecule has 0 bridgehead atoms. The summed E-state index contributed by atoms with van der Waals surface area (Å²) in [7, 11) is 0. The minimum atomic E-state index is -0.381. The van der Waals surface area contributed by atoms with E-state index in [-0.39, 0.29) is 17.2 Å². The Hall–Kier alpha value is -1.60. The minimum Gasteiger partial charge on any atom is -0.356 e. The summed E-state index contributed by atoms with van der Waals surface area (Å²) >= 11 is 4.80. The molecule has 0 saturated carbocycles. The summed E-state index contributed by atoms with van der Waals surface area (Å²) in [6.07, 6.45) is 4.87. The van der Waals surface area contributed by atoms with E-state index in [0.29, 0.717) is 16.5 Å². The van der Waals surface area contributed by atoms with E-state index >= 15 is 0 Å². The van der Waals surface area contributed by atoms with Crippen LogP contribution in [0.3, 0.4) is 0 Å². The van der Waals surface area contributed by atoms with Crippen LogP contribution in [0.2, 0.25) is 0 Å². The highest BCUT2D eigenvalue weighted by atomic mass is 79.9.